The smallest absolute Gasteiger partial charge is 0.250 e. The van der Waals surface area contributed by atoms with Crippen LogP contribution in [0.25, 0.3) is 5.57 Å². The van der Waals surface area contributed by atoms with Gasteiger partial charge in [-0.3, -0.25) is 9.59 Å². The Morgan fingerprint density at radius 3 is 2.52 bits per heavy atom. The average Bonchev–Trinajstić information content (AvgIpc) is 3.14. The van der Waals surface area contributed by atoms with Gasteiger partial charge in [0.2, 0.25) is 16.2 Å². The molecule has 0 unspecified atom stereocenters. The maximum Gasteiger partial charge on any atom is 0.250 e. The van der Waals surface area contributed by atoms with Crippen LogP contribution in [-0.2, 0) is 19.9 Å². The summed E-state index contributed by atoms with van der Waals surface area (Å²) in [5.74, 6) is -0.288. The van der Waals surface area contributed by atoms with Crippen LogP contribution in [0.4, 0.5) is 11.4 Å². The molecule has 2 aliphatic rings. The second-order valence-electron chi connectivity index (χ2n) is 13.6. The Balaban J connectivity index is 1.64. The van der Waals surface area contributed by atoms with Crippen molar-refractivity contribution < 1.29 is 28.2 Å². The highest BCUT2D eigenvalue weighted by molar-refractivity contribution is 8.00. The van der Waals surface area contributed by atoms with Crippen LogP contribution >= 0.6 is 23.5 Å². The van der Waals surface area contributed by atoms with Crippen LogP contribution in [0.2, 0.25) is 0 Å². The molecule has 2 aromatic carbocycles. The van der Waals surface area contributed by atoms with Gasteiger partial charge in [-0.1, -0.05) is 30.4 Å². The zero-order valence-corrected chi connectivity index (χ0v) is 30.7. The minimum Gasteiger partial charge on any atom is -0.394 e. The second-order valence-corrected chi connectivity index (χ2v) is 16.5. The summed E-state index contributed by atoms with van der Waals surface area (Å²) in [5, 5.41) is 28.4. The van der Waals surface area contributed by atoms with Crippen LogP contribution in [0.1, 0.15) is 53.0 Å². The van der Waals surface area contributed by atoms with Crippen molar-refractivity contribution in [2.75, 3.05) is 41.9 Å². The molecule has 0 fully saturated rings. The van der Waals surface area contributed by atoms with Crippen LogP contribution < -0.4 is 20.9 Å². The quantitative estimate of drug-likeness (QED) is 0.161. The maximum atomic E-state index is 14.2. The Morgan fingerprint density at radius 2 is 1.85 bits per heavy atom. The summed E-state index contributed by atoms with van der Waals surface area (Å²) in [6.07, 6.45) is 4.92. The van der Waals surface area contributed by atoms with Gasteiger partial charge in [-0.25, -0.2) is 0 Å². The second kappa shape index (κ2) is 16.1. The van der Waals surface area contributed by atoms with E-state index in [9.17, 15) is 23.1 Å². The number of fused-ring (bicyclic) bond motifs is 1. The van der Waals surface area contributed by atoms with Gasteiger partial charge in [0, 0.05) is 69.4 Å². The molecular weight excluding hydrogens is 669 g/mol. The van der Waals surface area contributed by atoms with E-state index in [1.807, 2.05) is 95.5 Å². The number of para-hydroxylation sites is 1. The molecule has 0 aromatic heterocycles. The van der Waals surface area contributed by atoms with Crippen LogP contribution in [0, 0.1) is 0 Å². The highest BCUT2D eigenvalue weighted by Crippen LogP contribution is 2.38. The molecule has 4 rings (SSSR count). The molecule has 0 bridgehead atoms. The number of carbonyl (C=O) groups excluding carboxylic acids is 2. The van der Waals surface area contributed by atoms with E-state index in [0.29, 0.717) is 17.0 Å². The molecule has 0 saturated carbocycles. The Hall–Kier alpha value is -3.07. The van der Waals surface area contributed by atoms with Gasteiger partial charge in [0.25, 0.3) is 5.91 Å². The number of carbonyl (C=O) groups is 2. The van der Waals surface area contributed by atoms with Crippen molar-refractivity contribution in [3.05, 3.63) is 65.8 Å². The van der Waals surface area contributed by atoms with Crippen LogP contribution in [0.15, 0.2) is 70.0 Å². The fourth-order valence-electron chi connectivity index (χ4n) is 5.53. The van der Waals surface area contributed by atoms with Crippen molar-refractivity contribution in [1.29, 1.82) is 0 Å². The normalized spacial score (nSPS) is 17.6. The number of benzene rings is 2. The molecule has 2 aromatic rings. The standard InChI is InChI=1S/C35H46N4O6S3/c1-34(2,3)38-27-10-8-7-9-25(27)26-13-11-22(15-31(26)48(44)45)19-39-29-14-12-24(46-6)16-30(29)47-21-28(33(39)43)37-32(42)17-35(4,5)36-18-23(41)20-40/h7-14,16,23,28,36,38,40-41H,15,17-21H2,1-6H3,(H,37,42)/t23-,28+/m0/s1. The van der Waals surface area contributed by atoms with Gasteiger partial charge in [-0.15, -0.1) is 23.5 Å². The van der Waals surface area contributed by atoms with Gasteiger partial charge < -0.3 is 31.1 Å². The van der Waals surface area contributed by atoms with Gasteiger partial charge in [-0.05, 0) is 70.7 Å². The third-order valence-electron chi connectivity index (χ3n) is 7.86. The van der Waals surface area contributed by atoms with Crippen LogP contribution in [0.5, 0.6) is 0 Å². The van der Waals surface area contributed by atoms with E-state index in [-0.39, 0.29) is 48.1 Å². The molecule has 0 saturated heterocycles. The van der Waals surface area contributed by atoms with E-state index in [4.69, 9.17) is 5.11 Å². The topological polar surface area (TPSA) is 148 Å². The summed E-state index contributed by atoms with van der Waals surface area (Å²) in [6.45, 7) is 9.64. The lowest BCUT2D eigenvalue weighted by Crippen LogP contribution is -2.53. The number of aliphatic hydroxyl groups is 2. The van der Waals surface area contributed by atoms with Gasteiger partial charge in [0.15, 0.2) is 0 Å². The summed E-state index contributed by atoms with van der Waals surface area (Å²) in [7, 11) is -2.51. The summed E-state index contributed by atoms with van der Waals surface area (Å²) in [5.41, 5.74) is 2.74. The molecule has 48 heavy (non-hydrogen) atoms. The first-order chi connectivity index (χ1) is 22.6. The van der Waals surface area contributed by atoms with E-state index in [0.717, 1.165) is 26.6 Å². The number of hydrogen-bond acceptors (Lipinski definition) is 10. The number of allylic oxidation sites excluding steroid dienone is 3. The number of anilines is 2. The number of nitrogens with zero attached hydrogens (tertiary/aromatic N) is 1. The minimum atomic E-state index is -2.51. The molecular formula is C35H46N4O6S3. The zero-order valence-electron chi connectivity index (χ0n) is 28.3. The van der Waals surface area contributed by atoms with Gasteiger partial charge in [0.1, 0.15) is 6.04 Å². The predicted molar refractivity (Wildman–Crippen MR) is 197 cm³/mol. The molecule has 2 atom stereocenters. The lowest BCUT2D eigenvalue weighted by atomic mass is 9.91. The van der Waals surface area contributed by atoms with Crippen molar-refractivity contribution in [3.63, 3.8) is 0 Å². The Labute approximate surface area is 293 Å². The number of amides is 2. The molecule has 5 N–H and O–H groups in total. The highest BCUT2D eigenvalue weighted by Gasteiger charge is 2.34. The van der Waals surface area contributed by atoms with Crippen molar-refractivity contribution in [1.82, 2.24) is 10.6 Å². The first kappa shape index (κ1) is 37.7. The number of thioether (sulfide) groups is 2. The molecule has 0 radical (unpaired) electrons. The highest BCUT2D eigenvalue weighted by atomic mass is 32.2. The maximum absolute atomic E-state index is 14.2. The lowest BCUT2D eigenvalue weighted by molar-refractivity contribution is -0.127. The summed E-state index contributed by atoms with van der Waals surface area (Å²) < 4.78 is 25.3. The largest absolute Gasteiger partial charge is 0.394 e. The first-order valence-electron chi connectivity index (χ1n) is 15.8. The average molecular weight is 715 g/mol. The Morgan fingerprint density at radius 1 is 1.12 bits per heavy atom. The van der Waals surface area contributed by atoms with Crippen LogP contribution in [-0.4, -0.2) is 90.2 Å². The number of β-amino-alcohol motifs (C(OH)–C–C–N with tert-alkyl or cyclic N) is 1. The predicted octanol–water partition coefficient (Wildman–Crippen LogP) is 4.12. The van der Waals surface area contributed by atoms with Crippen molar-refractivity contribution in [2.45, 2.75) is 80.5 Å². The minimum absolute atomic E-state index is 0.0427. The fourth-order valence-corrected chi connectivity index (χ4v) is 7.82. The third-order valence-corrected chi connectivity index (χ3v) is 10.5. The number of hydrogen-bond donors (Lipinski definition) is 5. The van der Waals surface area contributed by atoms with E-state index in [1.165, 1.54) is 11.8 Å². The summed E-state index contributed by atoms with van der Waals surface area (Å²) in [6, 6.07) is 12.7. The Bertz CT molecular complexity index is 1720. The first-order valence-corrected chi connectivity index (χ1v) is 19.1. The molecule has 13 heteroatoms. The summed E-state index contributed by atoms with van der Waals surface area (Å²) in [4.78, 5) is 31.3. The summed E-state index contributed by atoms with van der Waals surface area (Å²) >= 11 is 3.09. The number of nitrogens with one attached hydrogen (secondary N) is 3. The van der Waals surface area contributed by atoms with Crippen molar-refractivity contribution in [2.24, 2.45) is 0 Å². The molecule has 10 nitrogen and oxygen atoms in total. The van der Waals surface area contributed by atoms with E-state index in [2.05, 4.69) is 16.0 Å². The SMILES string of the molecule is CSc1ccc2c(c1)SC[C@@H](NC(=O)CC(C)(C)NC[C@H](O)CO)C(=O)N2CC1=CC=C(c2ccccc2NC(C)(C)C)C(=S(=O)=O)C1. The van der Waals surface area contributed by atoms with Gasteiger partial charge >= 0.3 is 0 Å². The molecule has 1 aliphatic carbocycles. The molecule has 1 heterocycles. The van der Waals surface area contributed by atoms with E-state index in [1.54, 1.807) is 16.7 Å². The monoisotopic (exact) mass is 714 g/mol. The van der Waals surface area contributed by atoms with Crippen molar-refractivity contribution >= 4 is 67.4 Å². The Kier molecular flexibility index (Phi) is 12.7. The molecule has 260 valence electrons. The van der Waals surface area contributed by atoms with Gasteiger partial charge in [-0.2, -0.15) is 8.42 Å². The van der Waals surface area contributed by atoms with Crippen molar-refractivity contribution in [3.8, 4) is 0 Å². The van der Waals surface area contributed by atoms with Gasteiger partial charge in [0.05, 0.1) is 23.3 Å². The third kappa shape index (κ3) is 9.99. The molecule has 2 amide bonds. The number of rotatable bonds is 12. The molecule has 0 spiro atoms. The lowest BCUT2D eigenvalue weighted by Gasteiger charge is -2.30. The zero-order chi connectivity index (χ0) is 35.2. The van der Waals surface area contributed by atoms with Crippen LogP contribution in [0.3, 0.4) is 0 Å². The molecule has 1 aliphatic heterocycles. The fraction of sp³-hybridized carbons (Fsp3) is 0.457. The number of aliphatic hydroxyl groups excluding tert-OH is 2. The van der Waals surface area contributed by atoms with E-state index >= 15 is 0 Å². The van der Waals surface area contributed by atoms with E-state index < -0.39 is 34.6 Å².